The zero-order valence-corrected chi connectivity index (χ0v) is 9.87. The van der Waals surface area contributed by atoms with Gasteiger partial charge in [-0.05, 0) is 31.4 Å². The smallest absolute Gasteiger partial charge is 0.257 e. The highest BCUT2D eigenvalue weighted by Crippen LogP contribution is 2.16. The van der Waals surface area contributed by atoms with Gasteiger partial charge in [-0.1, -0.05) is 24.1 Å². The summed E-state index contributed by atoms with van der Waals surface area (Å²) in [5.41, 5.74) is -0.607. The Morgan fingerprint density at radius 1 is 1.35 bits per heavy atom. The maximum atomic E-state index is 11.8. The molecule has 2 N–H and O–H groups in total. The molecule has 1 aromatic carbocycles. The molecule has 2 rings (SSSR count). The Kier molecular flexibility index (Phi) is 2.64. The van der Waals surface area contributed by atoms with Gasteiger partial charge in [-0.2, -0.15) is 0 Å². The molecule has 86 valence electrons. The summed E-state index contributed by atoms with van der Waals surface area (Å²) in [6.45, 7) is 3.75. The number of nitrogens with one attached hydrogen (secondary N) is 2. The summed E-state index contributed by atoms with van der Waals surface area (Å²) in [5, 5.41) is 4.68. The Morgan fingerprint density at radius 3 is 2.76 bits per heavy atom. The van der Waals surface area contributed by atoms with Crippen LogP contribution < -0.4 is 10.9 Å². The van der Waals surface area contributed by atoms with Crippen LogP contribution in [0.5, 0.6) is 0 Å². The Morgan fingerprint density at radius 2 is 2.06 bits per heavy atom. The first kappa shape index (κ1) is 11.3. The minimum Gasteiger partial charge on any atom is -0.356 e. The first-order valence-electron chi connectivity index (χ1n) is 5.40. The Hall–Kier alpha value is -2.21. The van der Waals surface area contributed by atoms with Crippen LogP contribution in [0.15, 0.2) is 35.1 Å². The molecule has 1 aromatic heterocycles. The highest BCUT2D eigenvalue weighted by Gasteiger charge is 2.13. The third kappa shape index (κ3) is 2.31. The summed E-state index contributed by atoms with van der Waals surface area (Å²) in [6.07, 6.45) is 5.40. The molecule has 0 atom stereocenters. The molecule has 1 heterocycles. The number of aromatic nitrogens is 1. The van der Waals surface area contributed by atoms with Crippen molar-refractivity contribution in [2.75, 3.05) is 5.32 Å². The fourth-order valence-electron chi connectivity index (χ4n) is 1.65. The third-order valence-electron chi connectivity index (χ3n) is 2.56. The molecule has 0 fully saturated rings. The van der Waals surface area contributed by atoms with Crippen molar-refractivity contribution >= 4 is 16.6 Å². The van der Waals surface area contributed by atoms with Crippen molar-refractivity contribution in [3.63, 3.8) is 0 Å². The van der Waals surface area contributed by atoms with E-state index in [2.05, 4.69) is 16.2 Å². The summed E-state index contributed by atoms with van der Waals surface area (Å²) in [4.78, 5) is 14.6. The molecular weight excluding hydrogens is 212 g/mol. The van der Waals surface area contributed by atoms with Gasteiger partial charge in [0.05, 0.1) is 5.54 Å². The SMILES string of the molecule is C#CC(C)(C)Nc1cc2ccccc2c(=O)[nH]1. The maximum Gasteiger partial charge on any atom is 0.257 e. The van der Waals surface area contributed by atoms with Gasteiger partial charge < -0.3 is 10.3 Å². The van der Waals surface area contributed by atoms with E-state index in [0.29, 0.717) is 11.2 Å². The molecule has 0 aliphatic heterocycles. The number of aromatic amines is 1. The fourth-order valence-corrected chi connectivity index (χ4v) is 1.65. The lowest BCUT2D eigenvalue weighted by molar-refractivity contribution is 0.736. The maximum absolute atomic E-state index is 11.8. The zero-order chi connectivity index (χ0) is 12.5. The zero-order valence-electron chi connectivity index (χ0n) is 9.87. The van der Waals surface area contributed by atoms with E-state index in [9.17, 15) is 4.79 Å². The van der Waals surface area contributed by atoms with Crippen LogP contribution in [0.1, 0.15) is 13.8 Å². The molecule has 0 spiro atoms. The molecule has 0 saturated carbocycles. The van der Waals surface area contributed by atoms with Crippen molar-refractivity contribution in [2.45, 2.75) is 19.4 Å². The van der Waals surface area contributed by atoms with Crippen LogP contribution in [0.2, 0.25) is 0 Å². The van der Waals surface area contributed by atoms with Crippen LogP contribution >= 0.6 is 0 Å². The monoisotopic (exact) mass is 226 g/mol. The molecule has 0 aliphatic carbocycles. The molecule has 0 unspecified atom stereocenters. The van der Waals surface area contributed by atoms with Crippen LogP contribution in [0.3, 0.4) is 0 Å². The Labute approximate surface area is 99.9 Å². The van der Waals surface area contributed by atoms with E-state index < -0.39 is 5.54 Å². The minimum absolute atomic E-state index is 0.113. The molecule has 3 heteroatoms. The average Bonchev–Trinajstić information content (AvgIpc) is 2.28. The fraction of sp³-hybridized carbons (Fsp3) is 0.214. The molecule has 0 aliphatic rings. The summed E-state index contributed by atoms with van der Waals surface area (Å²) < 4.78 is 0. The largest absolute Gasteiger partial charge is 0.356 e. The van der Waals surface area contributed by atoms with Gasteiger partial charge in [-0.3, -0.25) is 4.79 Å². The Bertz CT molecular complexity index is 647. The van der Waals surface area contributed by atoms with Crippen molar-refractivity contribution in [3.8, 4) is 12.3 Å². The summed E-state index contributed by atoms with van der Waals surface area (Å²) in [7, 11) is 0. The average molecular weight is 226 g/mol. The predicted molar refractivity (Wildman–Crippen MR) is 71.1 cm³/mol. The second kappa shape index (κ2) is 3.99. The second-order valence-electron chi connectivity index (χ2n) is 4.49. The van der Waals surface area contributed by atoms with E-state index in [1.165, 1.54) is 0 Å². The van der Waals surface area contributed by atoms with E-state index in [-0.39, 0.29) is 5.56 Å². The van der Waals surface area contributed by atoms with Crippen molar-refractivity contribution in [1.82, 2.24) is 4.98 Å². The molecule has 0 amide bonds. The summed E-state index contributed by atoms with van der Waals surface area (Å²) in [5.74, 6) is 3.26. The Balaban J connectivity index is 2.52. The summed E-state index contributed by atoms with van der Waals surface area (Å²) in [6, 6.07) is 9.33. The van der Waals surface area contributed by atoms with Gasteiger partial charge in [0.1, 0.15) is 5.82 Å². The van der Waals surface area contributed by atoms with Gasteiger partial charge in [-0.25, -0.2) is 0 Å². The lowest BCUT2D eigenvalue weighted by atomic mass is 10.1. The molecule has 0 bridgehead atoms. The molecule has 3 nitrogen and oxygen atoms in total. The lowest BCUT2D eigenvalue weighted by Crippen LogP contribution is -2.29. The van der Waals surface area contributed by atoms with Gasteiger partial charge in [0.15, 0.2) is 0 Å². The van der Waals surface area contributed by atoms with Crippen molar-refractivity contribution < 1.29 is 0 Å². The third-order valence-corrected chi connectivity index (χ3v) is 2.56. The number of benzene rings is 1. The molecule has 2 aromatic rings. The van der Waals surface area contributed by atoms with Crippen molar-refractivity contribution in [3.05, 3.63) is 40.7 Å². The van der Waals surface area contributed by atoms with Crippen LogP contribution in [0.4, 0.5) is 5.82 Å². The van der Waals surface area contributed by atoms with E-state index in [1.54, 1.807) is 6.07 Å². The molecule has 17 heavy (non-hydrogen) atoms. The number of anilines is 1. The number of rotatable bonds is 2. The minimum atomic E-state index is -0.495. The van der Waals surface area contributed by atoms with Crippen LogP contribution in [0.25, 0.3) is 10.8 Å². The quantitative estimate of drug-likeness (QED) is 0.772. The van der Waals surface area contributed by atoms with Crippen LogP contribution in [-0.4, -0.2) is 10.5 Å². The number of hydrogen-bond acceptors (Lipinski definition) is 2. The normalized spacial score (nSPS) is 11.1. The topological polar surface area (TPSA) is 44.9 Å². The number of terminal acetylenes is 1. The number of pyridine rings is 1. The highest BCUT2D eigenvalue weighted by molar-refractivity contribution is 5.83. The highest BCUT2D eigenvalue weighted by atomic mass is 16.1. The molecular formula is C14H14N2O. The standard InChI is InChI=1S/C14H14N2O/c1-4-14(2,3)16-12-9-10-7-5-6-8-11(10)13(17)15-12/h1,5-9H,2-3H3,(H2,15,16,17). The number of H-pyrrole nitrogens is 1. The van der Waals surface area contributed by atoms with Crippen molar-refractivity contribution in [1.29, 1.82) is 0 Å². The van der Waals surface area contributed by atoms with Gasteiger partial charge in [0, 0.05) is 5.39 Å². The lowest BCUT2D eigenvalue weighted by Gasteiger charge is -2.20. The van der Waals surface area contributed by atoms with E-state index >= 15 is 0 Å². The van der Waals surface area contributed by atoms with Crippen molar-refractivity contribution in [2.24, 2.45) is 0 Å². The van der Waals surface area contributed by atoms with E-state index in [4.69, 9.17) is 6.42 Å². The van der Waals surface area contributed by atoms with Gasteiger partial charge >= 0.3 is 0 Å². The van der Waals surface area contributed by atoms with E-state index in [0.717, 1.165) is 5.39 Å². The van der Waals surface area contributed by atoms with E-state index in [1.807, 2.05) is 38.1 Å². The predicted octanol–water partition coefficient (Wildman–Crippen LogP) is 2.35. The van der Waals surface area contributed by atoms with Gasteiger partial charge in [0.2, 0.25) is 0 Å². The summed E-state index contributed by atoms with van der Waals surface area (Å²) >= 11 is 0. The molecule has 0 saturated heterocycles. The number of hydrogen-bond donors (Lipinski definition) is 2. The second-order valence-corrected chi connectivity index (χ2v) is 4.49. The van der Waals surface area contributed by atoms with Gasteiger partial charge in [0.25, 0.3) is 5.56 Å². The first-order valence-corrected chi connectivity index (χ1v) is 5.40. The first-order chi connectivity index (χ1) is 8.02. The van der Waals surface area contributed by atoms with Crippen LogP contribution in [-0.2, 0) is 0 Å². The van der Waals surface area contributed by atoms with Gasteiger partial charge in [-0.15, -0.1) is 6.42 Å². The molecule has 0 radical (unpaired) electrons. The van der Waals surface area contributed by atoms with Crippen LogP contribution in [0, 0.1) is 12.3 Å². The number of fused-ring (bicyclic) bond motifs is 1.